The fraction of sp³-hybridized carbons (Fsp3) is 0.333. The summed E-state index contributed by atoms with van der Waals surface area (Å²) in [4.78, 5) is 34.0. The first-order valence-corrected chi connectivity index (χ1v) is 13.9. The fourth-order valence-corrected chi connectivity index (χ4v) is 5.01. The van der Waals surface area contributed by atoms with Crippen LogP contribution in [0.1, 0.15) is 36.1 Å². The third kappa shape index (κ3) is 7.01. The maximum atomic E-state index is 13.9. The van der Waals surface area contributed by atoms with E-state index in [0.717, 1.165) is 38.8 Å². The van der Waals surface area contributed by atoms with Crippen molar-refractivity contribution in [1.82, 2.24) is 14.8 Å². The number of amides is 3. The van der Waals surface area contributed by atoms with Crippen molar-refractivity contribution in [2.24, 2.45) is 0 Å². The standard InChI is InChI=1S/C33H40N4O4/c1-22(2)37(33(39)35-32-23(3)10-9-11-24(32)4)21-31(38)36(20-25-14-15-29(40-5)30(18-25)41-6)17-16-26-19-34-28-13-8-7-12-27(26)28/h7-15,18-19,22,34H,16-17,20-21H2,1-6H3,(H,35,39). The predicted molar refractivity (Wildman–Crippen MR) is 164 cm³/mol. The number of para-hydroxylation sites is 2. The van der Waals surface area contributed by atoms with E-state index in [4.69, 9.17) is 9.47 Å². The zero-order valence-corrected chi connectivity index (χ0v) is 24.8. The highest BCUT2D eigenvalue weighted by molar-refractivity contribution is 5.94. The van der Waals surface area contributed by atoms with E-state index in [1.54, 1.807) is 19.1 Å². The van der Waals surface area contributed by atoms with Crippen LogP contribution in [0.15, 0.2) is 66.9 Å². The zero-order chi connectivity index (χ0) is 29.5. The third-order valence-corrected chi connectivity index (χ3v) is 7.40. The first-order chi connectivity index (χ1) is 19.7. The van der Waals surface area contributed by atoms with Gasteiger partial charge in [0.05, 0.1) is 14.2 Å². The highest BCUT2D eigenvalue weighted by Crippen LogP contribution is 2.28. The Bertz CT molecular complexity index is 1490. The van der Waals surface area contributed by atoms with Gasteiger partial charge in [-0.05, 0) is 74.6 Å². The number of nitrogens with zero attached hydrogens (tertiary/aromatic N) is 2. The lowest BCUT2D eigenvalue weighted by Gasteiger charge is -2.31. The quantitative estimate of drug-likeness (QED) is 0.227. The lowest BCUT2D eigenvalue weighted by molar-refractivity contribution is -0.132. The van der Waals surface area contributed by atoms with Gasteiger partial charge in [0.2, 0.25) is 5.91 Å². The SMILES string of the molecule is COc1ccc(CN(CCc2c[nH]c3ccccc23)C(=O)CN(C(=O)Nc2c(C)cccc2C)C(C)C)cc1OC. The van der Waals surface area contributed by atoms with E-state index in [9.17, 15) is 9.59 Å². The molecular weight excluding hydrogens is 516 g/mol. The maximum Gasteiger partial charge on any atom is 0.322 e. The molecule has 0 atom stereocenters. The highest BCUT2D eigenvalue weighted by Gasteiger charge is 2.25. The molecule has 4 aromatic rings. The van der Waals surface area contributed by atoms with E-state index in [2.05, 4.69) is 16.4 Å². The average molecular weight is 557 g/mol. The van der Waals surface area contributed by atoms with Crippen LogP contribution in [-0.2, 0) is 17.8 Å². The molecule has 0 saturated carbocycles. The van der Waals surface area contributed by atoms with Gasteiger partial charge in [-0.15, -0.1) is 0 Å². The summed E-state index contributed by atoms with van der Waals surface area (Å²) in [7, 11) is 3.19. The molecule has 2 N–H and O–H groups in total. The molecule has 0 spiro atoms. The minimum Gasteiger partial charge on any atom is -0.493 e. The second-order valence-electron chi connectivity index (χ2n) is 10.5. The van der Waals surface area contributed by atoms with Gasteiger partial charge in [0.1, 0.15) is 6.54 Å². The summed E-state index contributed by atoms with van der Waals surface area (Å²) >= 11 is 0. The van der Waals surface area contributed by atoms with Gasteiger partial charge in [0.15, 0.2) is 11.5 Å². The smallest absolute Gasteiger partial charge is 0.322 e. The van der Waals surface area contributed by atoms with Gasteiger partial charge < -0.3 is 29.6 Å². The van der Waals surface area contributed by atoms with Crippen molar-refractivity contribution in [3.05, 3.63) is 89.1 Å². The topological polar surface area (TPSA) is 86.9 Å². The summed E-state index contributed by atoms with van der Waals surface area (Å²) in [6.45, 7) is 8.57. The van der Waals surface area contributed by atoms with Gasteiger partial charge in [-0.25, -0.2) is 4.79 Å². The van der Waals surface area contributed by atoms with Gasteiger partial charge in [-0.2, -0.15) is 0 Å². The number of nitrogens with one attached hydrogen (secondary N) is 2. The largest absolute Gasteiger partial charge is 0.493 e. The molecule has 0 saturated heterocycles. The van der Waals surface area contributed by atoms with Crippen LogP contribution in [0.25, 0.3) is 10.9 Å². The van der Waals surface area contributed by atoms with E-state index in [0.29, 0.717) is 31.0 Å². The molecule has 8 nitrogen and oxygen atoms in total. The molecule has 4 rings (SSSR count). The Balaban J connectivity index is 1.57. The number of benzene rings is 3. The number of rotatable bonds is 11. The molecule has 0 aliphatic heterocycles. The van der Waals surface area contributed by atoms with Gasteiger partial charge in [0, 0.05) is 41.9 Å². The normalized spacial score (nSPS) is 11.0. The Labute approximate surface area is 242 Å². The number of aryl methyl sites for hydroxylation is 2. The summed E-state index contributed by atoms with van der Waals surface area (Å²) in [5.41, 5.74) is 5.83. The van der Waals surface area contributed by atoms with Crippen LogP contribution in [0.4, 0.5) is 10.5 Å². The molecule has 0 fully saturated rings. The molecule has 0 radical (unpaired) electrons. The number of urea groups is 1. The zero-order valence-electron chi connectivity index (χ0n) is 24.8. The molecule has 0 aliphatic carbocycles. The van der Waals surface area contributed by atoms with Crippen LogP contribution in [0, 0.1) is 13.8 Å². The molecule has 0 unspecified atom stereocenters. The maximum absolute atomic E-state index is 13.9. The predicted octanol–water partition coefficient (Wildman–Crippen LogP) is 6.32. The molecular formula is C33H40N4O4. The van der Waals surface area contributed by atoms with Crippen LogP contribution in [0.2, 0.25) is 0 Å². The van der Waals surface area contributed by atoms with Crippen LogP contribution in [0.3, 0.4) is 0 Å². The van der Waals surface area contributed by atoms with E-state index < -0.39 is 0 Å². The minimum absolute atomic E-state index is 0.0460. The molecule has 0 aliphatic rings. The average Bonchev–Trinajstić information content (AvgIpc) is 3.38. The van der Waals surface area contributed by atoms with E-state index in [-0.39, 0.29) is 24.5 Å². The Morgan fingerprint density at radius 1 is 0.927 bits per heavy atom. The Morgan fingerprint density at radius 2 is 1.63 bits per heavy atom. The first-order valence-electron chi connectivity index (χ1n) is 13.9. The summed E-state index contributed by atoms with van der Waals surface area (Å²) in [6.07, 6.45) is 2.67. The van der Waals surface area contributed by atoms with Crippen molar-refractivity contribution in [1.29, 1.82) is 0 Å². The number of methoxy groups -OCH3 is 2. The van der Waals surface area contributed by atoms with Crippen molar-refractivity contribution in [2.45, 2.75) is 46.7 Å². The number of aromatic amines is 1. The highest BCUT2D eigenvalue weighted by atomic mass is 16.5. The number of aromatic nitrogens is 1. The van der Waals surface area contributed by atoms with Crippen molar-refractivity contribution >= 4 is 28.5 Å². The van der Waals surface area contributed by atoms with Gasteiger partial charge >= 0.3 is 6.03 Å². The number of carbonyl (C=O) groups excluding carboxylic acids is 2. The first kappa shape index (κ1) is 29.5. The van der Waals surface area contributed by atoms with Gasteiger partial charge in [-0.1, -0.05) is 42.5 Å². The second kappa shape index (κ2) is 13.3. The number of fused-ring (bicyclic) bond motifs is 1. The number of anilines is 1. The number of ether oxygens (including phenoxy) is 2. The fourth-order valence-electron chi connectivity index (χ4n) is 5.01. The minimum atomic E-state index is -0.298. The van der Waals surface area contributed by atoms with Crippen molar-refractivity contribution in [2.75, 3.05) is 32.6 Å². The van der Waals surface area contributed by atoms with Crippen molar-refractivity contribution < 1.29 is 19.1 Å². The molecule has 3 aromatic carbocycles. The van der Waals surface area contributed by atoms with Crippen LogP contribution < -0.4 is 14.8 Å². The Kier molecular flexibility index (Phi) is 9.55. The van der Waals surface area contributed by atoms with Crippen molar-refractivity contribution in [3.8, 4) is 11.5 Å². The van der Waals surface area contributed by atoms with Gasteiger partial charge in [-0.3, -0.25) is 4.79 Å². The van der Waals surface area contributed by atoms with Crippen LogP contribution >= 0.6 is 0 Å². The van der Waals surface area contributed by atoms with E-state index in [1.807, 2.05) is 93.4 Å². The number of hydrogen-bond acceptors (Lipinski definition) is 4. The number of H-pyrrole nitrogens is 1. The van der Waals surface area contributed by atoms with Crippen LogP contribution in [-0.4, -0.2) is 60.1 Å². The Morgan fingerprint density at radius 3 is 2.32 bits per heavy atom. The molecule has 3 amide bonds. The van der Waals surface area contributed by atoms with E-state index >= 15 is 0 Å². The molecule has 1 aromatic heterocycles. The lowest BCUT2D eigenvalue weighted by atomic mass is 10.1. The summed E-state index contributed by atoms with van der Waals surface area (Å²) in [6, 6.07) is 19.2. The lowest BCUT2D eigenvalue weighted by Crippen LogP contribution is -2.47. The number of carbonyl (C=O) groups is 2. The van der Waals surface area contributed by atoms with Crippen molar-refractivity contribution in [3.63, 3.8) is 0 Å². The summed E-state index contributed by atoms with van der Waals surface area (Å²) in [5.74, 6) is 1.10. The molecule has 0 bridgehead atoms. The van der Waals surface area contributed by atoms with Gasteiger partial charge in [0.25, 0.3) is 0 Å². The Hall–Kier alpha value is -4.46. The molecule has 1 heterocycles. The molecule has 8 heteroatoms. The molecule has 216 valence electrons. The number of hydrogen-bond donors (Lipinski definition) is 2. The van der Waals surface area contributed by atoms with E-state index in [1.165, 1.54) is 0 Å². The summed E-state index contributed by atoms with van der Waals surface area (Å²) in [5, 5.41) is 4.18. The monoisotopic (exact) mass is 556 g/mol. The summed E-state index contributed by atoms with van der Waals surface area (Å²) < 4.78 is 10.9. The third-order valence-electron chi connectivity index (χ3n) is 7.40. The second-order valence-corrected chi connectivity index (χ2v) is 10.5. The van der Waals surface area contributed by atoms with Crippen LogP contribution in [0.5, 0.6) is 11.5 Å². The molecule has 41 heavy (non-hydrogen) atoms.